The van der Waals surface area contributed by atoms with Gasteiger partial charge in [-0.25, -0.2) is 0 Å². The van der Waals surface area contributed by atoms with E-state index in [-0.39, 0.29) is 29.5 Å². The maximum Gasteiger partial charge on any atom is 0.242 e. The fourth-order valence-electron chi connectivity index (χ4n) is 3.93. The molecular weight excluding hydrogens is 446 g/mol. The first-order chi connectivity index (χ1) is 14.3. The normalized spacial score (nSPS) is 15.1. The summed E-state index contributed by atoms with van der Waals surface area (Å²) in [5, 5.41) is 12.8. The lowest BCUT2D eigenvalue weighted by Gasteiger charge is -2.35. The Labute approximate surface area is 188 Å². The molecule has 2 rings (SSSR count). The van der Waals surface area contributed by atoms with Gasteiger partial charge in [0.05, 0.1) is 6.54 Å². The topological polar surface area (TPSA) is 72.9 Å². The molecule has 0 spiro atoms. The van der Waals surface area contributed by atoms with Crippen LogP contribution in [0.1, 0.15) is 45.1 Å². The number of amides is 2. The average Bonchev–Trinajstić information content (AvgIpc) is 2.74. The number of hydrogen-bond acceptors (Lipinski definition) is 4. The molecule has 1 fully saturated rings. The molecule has 6 nitrogen and oxygen atoms in total. The highest BCUT2D eigenvalue weighted by Crippen LogP contribution is 2.34. The number of nitrogens with one attached hydrogen (secondary N) is 1. The van der Waals surface area contributed by atoms with E-state index in [2.05, 4.69) is 46.6 Å². The number of halogens is 1. The highest BCUT2D eigenvalue weighted by molar-refractivity contribution is 9.10. The number of nitrogens with zero attached hydrogens (tertiary/aromatic N) is 2. The summed E-state index contributed by atoms with van der Waals surface area (Å²) < 4.78 is 0.933. The van der Waals surface area contributed by atoms with Gasteiger partial charge in [-0.3, -0.25) is 14.5 Å². The third-order valence-electron chi connectivity index (χ3n) is 6.21. The van der Waals surface area contributed by atoms with Crippen LogP contribution in [0, 0.1) is 5.41 Å². The van der Waals surface area contributed by atoms with E-state index in [9.17, 15) is 14.7 Å². The first kappa shape index (κ1) is 24.4. The molecule has 0 saturated carbocycles. The third kappa shape index (κ3) is 6.84. The van der Waals surface area contributed by atoms with Crippen molar-refractivity contribution >= 4 is 27.7 Å². The molecule has 1 saturated heterocycles. The predicted molar refractivity (Wildman–Crippen MR) is 123 cm³/mol. The van der Waals surface area contributed by atoms with Crippen LogP contribution in [0.15, 0.2) is 35.3 Å². The Hall–Kier alpha value is -1.86. The van der Waals surface area contributed by atoms with Crippen molar-refractivity contribution in [3.05, 3.63) is 40.9 Å². The fourth-order valence-corrected chi connectivity index (χ4v) is 4.34. The van der Waals surface area contributed by atoms with E-state index in [1.54, 1.807) is 11.0 Å². The first-order valence-electron chi connectivity index (χ1n) is 10.7. The van der Waals surface area contributed by atoms with Crippen molar-refractivity contribution in [2.24, 2.45) is 5.41 Å². The minimum atomic E-state index is -0.0716. The zero-order valence-electron chi connectivity index (χ0n) is 18.1. The van der Waals surface area contributed by atoms with E-state index in [0.29, 0.717) is 26.1 Å². The van der Waals surface area contributed by atoms with Crippen LogP contribution in [-0.2, 0) is 16.1 Å². The van der Waals surface area contributed by atoms with Crippen LogP contribution in [0.4, 0.5) is 0 Å². The second kappa shape index (κ2) is 11.5. The lowest BCUT2D eigenvalue weighted by Crippen LogP contribution is -2.51. The number of benzene rings is 1. The molecule has 0 bridgehead atoms. The summed E-state index contributed by atoms with van der Waals surface area (Å²) >= 11 is 3.43. The quantitative estimate of drug-likeness (QED) is 0.501. The molecule has 0 atom stereocenters. The third-order valence-corrected chi connectivity index (χ3v) is 6.70. The Morgan fingerprint density at radius 3 is 2.50 bits per heavy atom. The van der Waals surface area contributed by atoms with E-state index < -0.39 is 0 Å². The molecule has 30 heavy (non-hydrogen) atoms. The zero-order valence-corrected chi connectivity index (χ0v) is 19.7. The number of phenols is 1. The van der Waals surface area contributed by atoms with E-state index in [4.69, 9.17) is 0 Å². The van der Waals surface area contributed by atoms with Gasteiger partial charge in [0.15, 0.2) is 0 Å². The van der Waals surface area contributed by atoms with Crippen molar-refractivity contribution in [3.63, 3.8) is 0 Å². The van der Waals surface area contributed by atoms with Crippen LogP contribution >= 0.6 is 15.9 Å². The van der Waals surface area contributed by atoms with E-state index in [0.717, 1.165) is 42.4 Å². The number of piperazine rings is 1. The van der Waals surface area contributed by atoms with E-state index >= 15 is 0 Å². The number of allylic oxidation sites excluding steroid dienone is 1. The number of carbonyl (C=O) groups is 2. The average molecular weight is 480 g/mol. The minimum Gasteiger partial charge on any atom is -0.508 e. The summed E-state index contributed by atoms with van der Waals surface area (Å²) in [4.78, 5) is 28.9. The molecule has 1 aromatic carbocycles. The standard InChI is InChI=1S/C23H34BrN3O3/c1-4-9-23(5-2,6-3)15-21(29)25-16-22(30)27-12-10-26(11-13-27)17-18-14-19(24)7-8-20(18)28/h4,7-8,14,28H,1,5-6,9-13,15-17H2,2-3H3,(H,25,29). The molecule has 1 aliphatic rings. The molecule has 2 N–H and O–H groups in total. The monoisotopic (exact) mass is 479 g/mol. The minimum absolute atomic E-state index is 0.0445. The maximum atomic E-state index is 12.5. The van der Waals surface area contributed by atoms with Crippen LogP contribution in [0.2, 0.25) is 0 Å². The van der Waals surface area contributed by atoms with Gasteiger partial charge in [0, 0.05) is 49.2 Å². The summed E-state index contributed by atoms with van der Waals surface area (Å²) in [6.07, 6.45) is 4.91. The van der Waals surface area contributed by atoms with Gasteiger partial charge < -0.3 is 15.3 Å². The van der Waals surface area contributed by atoms with Crippen LogP contribution in [0.5, 0.6) is 5.75 Å². The van der Waals surface area contributed by atoms with Crippen molar-refractivity contribution in [3.8, 4) is 5.75 Å². The molecule has 0 unspecified atom stereocenters. The van der Waals surface area contributed by atoms with Gasteiger partial charge in [-0.15, -0.1) is 6.58 Å². The number of phenolic OH excluding ortho intramolecular Hbond substituents is 1. The van der Waals surface area contributed by atoms with Crippen molar-refractivity contribution in [1.29, 1.82) is 0 Å². The summed E-state index contributed by atoms with van der Waals surface area (Å²) in [5.41, 5.74) is 0.796. The molecular formula is C23H34BrN3O3. The highest BCUT2D eigenvalue weighted by atomic mass is 79.9. The number of carbonyl (C=O) groups excluding carboxylic acids is 2. The maximum absolute atomic E-state index is 12.5. The molecule has 0 aromatic heterocycles. The summed E-state index contributed by atoms with van der Waals surface area (Å²) in [7, 11) is 0. The van der Waals surface area contributed by atoms with Crippen molar-refractivity contribution in [1.82, 2.24) is 15.1 Å². The Bertz CT molecular complexity index is 741. The first-order valence-corrected chi connectivity index (χ1v) is 11.5. The molecule has 1 aliphatic heterocycles. The second-order valence-electron chi connectivity index (χ2n) is 8.08. The van der Waals surface area contributed by atoms with Crippen molar-refractivity contribution < 1.29 is 14.7 Å². The van der Waals surface area contributed by atoms with Gasteiger partial charge in [0.2, 0.25) is 11.8 Å². The van der Waals surface area contributed by atoms with E-state index in [1.807, 2.05) is 18.2 Å². The lowest BCUT2D eigenvalue weighted by atomic mass is 9.76. The highest BCUT2D eigenvalue weighted by Gasteiger charge is 2.28. The molecule has 0 aliphatic carbocycles. The molecule has 0 radical (unpaired) electrons. The Morgan fingerprint density at radius 2 is 1.90 bits per heavy atom. The second-order valence-corrected chi connectivity index (χ2v) is 9.00. The van der Waals surface area contributed by atoms with Crippen LogP contribution in [0.25, 0.3) is 0 Å². The SMILES string of the molecule is C=CCC(CC)(CC)CC(=O)NCC(=O)N1CCN(Cc2cc(Br)ccc2O)CC1. The van der Waals surface area contributed by atoms with Crippen molar-refractivity contribution in [2.45, 2.75) is 46.1 Å². The largest absolute Gasteiger partial charge is 0.508 e. The lowest BCUT2D eigenvalue weighted by molar-refractivity contribution is -0.134. The van der Waals surface area contributed by atoms with Gasteiger partial charge in [0.1, 0.15) is 5.75 Å². The number of hydrogen-bond donors (Lipinski definition) is 2. The Balaban J connectivity index is 1.78. The van der Waals surface area contributed by atoms with Crippen LogP contribution < -0.4 is 5.32 Å². The summed E-state index contributed by atoms with van der Waals surface area (Å²) in [5.74, 6) is 0.166. The number of rotatable bonds is 10. The molecule has 2 amide bonds. The molecule has 7 heteroatoms. The zero-order chi connectivity index (χ0) is 22.1. The number of aromatic hydroxyl groups is 1. The van der Waals surface area contributed by atoms with Gasteiger partial charge in [-0.05, 0) is 42.9 Å². The molecule has 1 heterocycles. The predicted octanol–water partition coefficient (Wildman–Crippen LogP) is 3.69. The van der Waals surface area contributed by atoms with Crippen molar-refractivity contribution in [2.75, 3.05) is 32.7 Å². The summed E-state index contributed by atoms with van der Waals surface area (Å²) in [6, 6.07) is 5.41. The van der Waals surface area contributed by atoms with Gasteiger partial charge in [0.25, 0.3) is 0 Å². The summed E-state index contributed by atoms with van der Waals surface area (Å²) in [6.45, 7) is 11.4. The Morgan fingerprint density at radius 1 is 1.23 bits per heavy atom. The van der Waals surface area contributed by atoms with E-state index in [1.165, 1.54) is 0 Å². The Kier molecular flexibility index (Phi) is 9.37. The molecule has 1 aromatic rings. The molecule has 166 valence electrons. The van der Waals surface area contributed by atoms with Crippen LogP contribution in [-0.4, -0.2) is 59.4 Å². The fraction of sp³-hybridized carbons (Fsp3) is 0.565. The van der Waals surface area contributed by atoms with Crippen LogP contribution in [0.3, 0.4) is 0 Å². The smallest absolute Gasteiger partial charge is 0.242 e. The van der Waals surface area contributed by atoms with Gasteiger partial charge >= 0.3 is 0 Å². The van der Waals surface area contributed by atoms with Gasteiger partial charge in [-0.1, -0.05) is 35.9 Å². The van der Waals surface area contributed by atoms with Gasteiger partial charge in [-0.2, -0.15) is 0 Å².